The molecule has 0 aliphatic heterocycles. The van der Waals surface area contributed by atoms with E-state index < -0.39 is 0 Å². The number of nitrogens with one attached hydrogen (secondary N) is 2. The van der Waals surface area contributed by atoms with E-state index in [1.54, 1.807) is 11.8 Å². The van der Waals surface area contributed by atoms with Crippen LogP contribution in [0.4, 0.5) is 5.69 Å². The van der Waals surface area contributed by atoms with Gasteiger partial charge in [0.2, 0.25) is 5.91 Å². The molecule has 1 aromatic carbocycles. The molecule has 0 saturated heterocycles. The lowest BCUT2D eigenvalue weighted by molar-refractivity contribution is -0.121. The maximum atomic E-state index is 11.9. The lowest BCUT2D eigenvalue weighted by Crippen LogP contribution is -2.38. The summed E-state index contributed by atoms with van der Waals surface area (Å²) in [7, 11) is 0. The summed E-state index contributed by atoms with van der Waals surface area (Å²) < 4.78 is 0. The van der Waals surface area contributed by atoms with Gasteiger partial charge in [0.15, 0.2) is 0 Å². The number of thioether (sulfide) groups is 1. The first-order chi connectivity index (χ1) is 9.65. The van der Waals surface area contributed by atoms with Gasteiger partial charge in [0, 0.05) is 10.9 Å². The summed E-state index contributed by atoms with van der Waals surface area (Å²) in [5.41, 5.74) is 1.34. The minimum atomic E-state index is -0.343. The predicted octanol–water partition coefficient (Wildman–Crippen LogP) is 2.75. The van der Waals surface area contributed by atoms with Gasteiger partial charge in [-0.1, -0.05) is 13.0 Å². The van der Waals surface area contributed by atoms with E-state index in [0.717, 1.165) is 29.2 Å². The molecule has 106 valence electrons. The highest BCUT2D eigenvalue weighted by atomic mass is 32.2. The molecule has 1 saturated carbocycles. The first-order valence-corrected chi connectivity index (χ1v) is 7.87. The van der Waals surface area contributed by atoms with Crippen LogP contribution in [0.3, 0.4) is 0 Å². The molecule has 1 fully saturated rings. The van der Waals surface area contributed by atoms with Gasteiger partial charge in [-0.25, -0.2) is 0 Å². The van der Waals surface area contributed by atoms with Gasteiger partial charge in [0.05, 0.1) is 11.3 Å². The number of hydrogen-bond acceptors (Lipinski definition) is 4. The molecule has 4 nitrogen and oxygen atoms in total. The Morgan fingerprint density at radius 3 is 2.90 bits per heavy atom. The maximum Gasteiger partial charge on any atom is 0.242 e. The molecule has 2 rings (SSSR count). The van der Waals surface area contributed by atoms with Gasteiger partial charge in [-0.05, 0) is 37.7 Å². The number of anilines is 1. The number of nitriles is 1. The smallest absolute Gasteiger partial charge is 0.242 e. The van der Waals surface area contributed by atoms with E-state index in [4.69, 9.17) is 0 Å². The number of rotatable bonds is 6. The molecule has 5 heteroatoms. The normalized spacial score (nSPS) is 15.2. The lowest BCUT2D eigenvalue weighted by atomic mass is 10.1. The van der Waals surface area contributed by atoms with E-state index >= 15 is 0 Å². The Balaban J connectivity index is 2.09. The molecule has 0 heterocycles. The van der Waals surface area contributed by atoms with Crippen LogP contribution >= 0.6 is 11.8 Å². The Kier molecular flexibility index (Phi) is 4.91. The van der Waals surface area contributed by atoms with E-state index in [0.29, 0.717) is 11.6 Å². The zero-order chi connectivity index (χ0) is 14.5. The molecule has 0 spiro atoms. The molecular formula is C15H19N3OS. The molecule has 2 N–H and O–H groups in total. The molecule has 0 bridgehead atoms. The number of nitrogens with zero attached hydrogens (tertiary/aromatic N) is 1. The first-order valence-electron chi connectivity index (χ1n) is 6.88. The van der Waals surface area contributed by atoms with Crippen LogP contribution in [0.25, 0.3) is 0 Å². The molecule has 20 heavy (non-hydrogen) atoms. The Bertz CT molecular complexity index is 534. The van der Waals surface area contributed by atoms with E-state index in [-0.39, 0.29) is 11.9 Å². The highest BCUT2D eigenvalue weighted by Crippen LogP contribution is 2.28. The summed E-state index contributed by atoms with van der Waals surface area (Å²) in [6.07, 6.45) is 2.15. The summed E-state index contributed by atoms with van der Waals surface area (Å²) in [6.45, 7) is 3.87. The van der Waals surface area contributed by atoms with Crippen molar-refractivity contribution in [2.45, 2.75) is 43.7 Å². The van der Waals surface area contributed by atoms with Crippen LogP contribution < -0.4 is 10.6 Å². The van der Waals surface area contributed by atoms with Crippen LogP contribution in [0.15, 0.2) is 23.1 Å². The predicted molar refractivity (Wildman–Crippen MR) is 81.8 cm³/mol. The van der Waals surface area contributed by atoms with Crippen LogP contribution in [-0.4, -0.2) is 23.7 Å². The number of amides is 1. The van der Waals surface area contributed by atoms with E-state index in [1.165, 1.54) is 0 Å². The monoisotopic (exact) mass is 289 g/mol. The molecule has 1 aromatic rings. The van der Waals surface area contributed by atoms with Gasteiger partial charge in [0.25, 0.3) is 0 Å². The Morgan fingerprint density at radius 2 is 2.30 bits per heavy atom. The number of benzene rings is 1. The Hall–Kier alpha value is -1.67. The van der Waals surface area contributed by atoms with Crippen molar-refractivity contribution < 1.29 is 4.79 Å². The quantitative estimate of drug-likeness (QED) is 0.790. The fourth-order valence-corrected chi connectivity index (χ4v) is 2.68. The lowest BCUT2D eigenvalue weighted by Gasteiger charge is -2.17. The van der Waals surface area contributed by atoms with E-state index in [9.17, 15) is 10.1 Å². The van der Waals surface area contributed by atoms with Crippen LogP contribution in [-0.2, 0) is 4.79 Å². The van der Waals surface area contributed by atoms with Crippen LogP contribution in [0.2, 0.25) is 0 Å². The molecule has 1 aliphatic carbocycles. The molecule has 1 aliphatic rings. The van der Waals surface area contributed by atoms with Crippen LogP contribution in [0.1, 0.15) is 32.3 Å². The second-order valence-electron chi connectivity index (χ2n) is 4.87. The van der Waals surface area contributed by atoms with Crippen molar-refractivity contribution in [3.63, 3.8) is 0 Å². The highest BCUT2D eigenvalue weighted by molar-refractivity contribution is 7.99. The summed E-state index contributed by atoms with van der Waals surface area (Å²) in [5.74, 6) is 0.903. The van der Waals surface area contributed by atoms with Gasteiger partial charge < -0.3 is 10.6 Å². The second-order valence-corrected chi connectivity index (χ2v) is 6.18. The molecule has 0 aromatic heterocycles. The second kappa shape index (κ2) is 6.67. The summed E-state index contributed by atoms with van der Waals surface area (Å²) in [6, 6.07) is 7.93. The average molecular weight is 289 g/mol. The van der Waals surface area contributed by atoms with Gasteiger partial charge >= 0.3 is 0 Å². The molecule has 0 radical (unpaired) electrons. The van der Waals surface area contributed by atoms with Gasteiger partial charge in [-0.15, -0.1) is 11.8 Å². The third kappa shape index (κ3) is 3.67. The van der Waals surface area contributed by atoms with Gasteiger partial charge in [0.1, 0.15) is 12.1 Å². The van der Waals surface area contributed by atoms with Crippen molar-refractivity contribution in [2.24, 2.45) is 0 Å². The molecular weight excluding hydrogens is 270 g/mol. The molecule has 1 amide bonds. The summed E-state index contributed by atoms with van der Waals surface area (Å²) in [5, 5.41) is 15.4. The number of hydrogen-bond donors (Lipinski definition) is 2. The van der Waals surface area contributed by atoms with Crippen molar-refractivity contribution in [1.82, 2.24) is 5.32 Å². The minimum absolute atomic E-state index is 0.00932. The van der Waals surface area contributed by atoms with E-state index in [2.05, 4.69) is 23.6 Å². The summed E-state index contributed by atoms with van der Waals surface area (Å²) >= 11 is 1.63. The van der Waals surface area contributed by atoms with Gasteiger partial charge in [-0.2, -0.15) is 5.26 Å². The standard InChI is InChI=1S/C15H19N3OS/c1-3-20-14-6-4-5-13(12(14)9-16)17-10(2)15(19)18-11-7-8-11/h4-6,10-11,17H,3,7-8H2,1-2H3,(H,18,19). The highest BCUT2D eigenvalue weighted by Gasteiger charge is 2.25. The maximum absolute atomic E-state index is 11.9. The number of carbonyl (C=O) groups excluding carboxylic acids is 1. The van der Waals surface area contributed by atoms with Crippen molar-refractivity contribution in [3.05, 3.63) is 23.8 Å². The third-order valence-corrected chi connectivity index (χ3v) is 4.07. The largest absolute Gasteiger partial charge is 0.373 e. The zero-order valence-electron chi connectivity index (χ0n) is 11.8. The average Bonchev–Trinajstić information content (AvgIpc) is 3.23. The van der Waals surface area contributed by atoms with Crippen LogP contribution in [0, 0.1) is 11.3 Å². The minimum Gasteiger partial charge on any atom is -0.373 e. The topological polar surface area (TPSA) is 64.9 Å². The van der Waals surface area contributed by atoms with E-state index in [1.807, 2.05) is 25.1 Å². The fourth-order valence-electron chi connectivity index (χ4n) is 1.90. The zero-order valence-corrected chi connectivity index (χ0v) is 12.6. The molecule has 1 atom stereocenters. The first kappa shape index (κ1) is 14.7. The van der Waals surface area contributed by atoms with Crippen molar-refractivity contribution in [3.8, 4) is 6.07 Å². The number of carbonyl (C=O) groups is 1. The fraction of sp³-hybridized carbons (Fsp3) is 0.467. The third-order valence-electron chi connectivity index (χ3n) is 3.13. The van der Waals surface area contributed by atoms with Crippen molar-refractivity contribution >= 4 is 23.4 Å². The Morgan fingerprint density at radius 1 is 1.55 bits per heavy atom. The van der Waals surface area contributed by atoms with Crippen molar-refractivity contribution in [1.29, 1.82) is 5.26 Å². The Labute approximate surface area is 123 Å². The molecule has 1 unspecified atom stereocenters. The van der Waals surface area contributed by atoms with Crippen LogP contribution in [0.5, 0.6) is 0 Å². The SMILES string of the molecule is CCSc1cccc(NC(C)C(=O)NC2CC2)c1C#N. The van der Waals surface area contributed by atoms with Crippen molar-refractivity contribution in [2.75, 3.05) is 11.1 Å². The summed E-state index contributed by atoms with van der Waals surface area (Å²) in [4.78, 5) is 12.9. The van der Waals surface area contributed by atoms with Gasteiger partial charge in [-0.3, -0.25) is 4.79 Å².